The molecule has 0 saturated heterocycles. The number of pyridine rings is 2. The Balaban J connectivity index is 1.25. The third-order valence-corrected chi connectivity index (χ3v) is 6.56. The largest absolute Gasteiger partial charge is 0.472 e. The summed E-state index contributed by atoms with van der Waals surface area (Å²) in [5.74, 6) is -0.180. The van der Waals surface area contributed by atoms with Gasteiger partial charge >= 0.3 is 0 Å². The van der Waals surface area contributed by atoms with Gasteiger partial charge in [0.15, 0.2) is 0 Å². The number of aromatic nitrogens is 5. The highest BCUT2D eigenvalue weighted by molar-refractivity contribution is 6.05. The van der Waals surface area contributed by atoms with E-state index in [2.05, 4.69) is 42.6 Å². The molecular formula is C30H20N6O2. The Labute approximate surface area is 216 Å². The van der Waals surface area contributed by atoms with E-state index >= 15 is 0 Å². The van der Waals surface area contributed by atoms with E-state index in [0.717, 1.165) is 55.4 Å². The fourth-order valence-electron chi connectivity index (χ4n) is 4.68. The van der Waals surface area contributed by atoms with E-state index in [1.165, 1.54) is 0 Å². The number of carbonyl (C=O) groups is 1. The number of anilines is 1. The number of rotatable bonds is 5. The van der Waals surface area contributed by atoms with Crippen LogP contribution >= 0.6 is 0 Å². The van der Waals surface area contributed by atoms with E-state index in [-0.39, 0.29) is 5.91 Å². The lowest BCUT2D eigenvalue weighted by Gasteiger charge is -2.08. The van der Waals surface area contributed by atoms with Crippen LogP contribution in [-0.4, -0.2) is 31.1 Å². The fraction of sp³-hybridized carbons (Fsp3) is 0. The van der Waals surface area contributed by atoms with Gasteiger partial charge in [0, 0.05) is 45.4 Å². The number of hydrogen-bond acceptors (Lipinski definition) is 5. The molecule has 38 heavy (non-hydrogen) atoms. The molecule has 5 aromatic heterocycles. The normalized spacial score (nSPS) is 11.3. The van der Waals surface area contributed by atoms with Gasteiger partial charge in [-0.2, -0.15) is 5.10 Å². The van der Waals surface area contributed by atoms with Crippen LogP contribution in [0, 0.1) is 0 Å². The van der Waals surface area contributed by atoms with Crippen LogP contribution in [0.15, 0.2) is 108 Å². The quantitative estimate of drug-likeness (QED) is 0.246. The van der Waals surface area contributed by atoms with Crippen LogP contribution in [-0.2, 0) is 0 Å². The Morgan fingerprint density at radius 1 is 0.789 bits per heavy atom. The lowest BCUT2D eigenvalue weighted by Crippen LogP contribution is -2.11. The number of benzene rings is 2. The lowest BCUT2D eigenvalue weighted by atomic mass is 10.0. The molecule has 0 aliphatic rings. The minimum atomic E-state index is -0.180. The van der Waals surface area contributed by atoms with Crippen molar-refractivity contribution in [2.24, 2.45) is 0 Å². The van der Waals surface area contributed by atoms with Gasteiger partial charge in [-0.05, 0) is 48.0 Å². The molecule has 7 aromatic rings. The van der Waals surface area contributed by atoms with E-state index in [9.17, 15) is 4.79 Å². The van der Waals surface area contributed by atoms with Crippen LogP contribution in [0.5, 0.6) is 0 Å². The predicted molar refractivity (Wildman–Crippen MR) is 147 cm³/mol. The van der Waals surface area contributed by atoms with E-state index in [1.807, 2.05) is 54.9 Å². The maximum atomic E-state index is 12.6. The van der Waals surface area contributed by atoms with Crippen LogP contribution in [0.4, 0.5) is 5.69 Å². The maximum Gasteiger partial charge on any atom is 0.255 e. The fourth-order valence-corrected chi connectivity index (χ4v) is 4.68. The summed E-state index contributed by atoms with van der Waals surface area (Å²) < 4.78 is 5.28. The molecule has 0 spiro atoms. The zero-order valence-corrected chi connectivity index (χ0v) is 20.0. The smallest absolute Gasteiger partial charge is 0.255 e. The Morgan fingerprint density at radius 3 is 2.55 bits per heavy atom. The SMILES string of the molecule is O=C(Nc1cncc(-c2ccc3[nH]nc(-c4cc5c(-c6ccoc6)cncc5[nH]4)c3c2)c1)c1ccccc1. The maximum absolute atomic E-state index is 12.6. The topological polar surface area (TPSA) is 112 Å². The van der Waals surface area contributed by atoms with Crippen molar-refractivity contribution in [3.63, 3.8) is 0 Å². The third-order valence-electron chi connectivity index (χ3n) is 6.56. The number of nitrogens with zero attached hydrogens (tertiary/aromatic N) is 3. The number of H-pyrrole nitrogens is 2. The summed E-state index contributed by atoms with van der Waals surface area (Å²) in [6, 6.07) is 21.1. The van der Waals surface area contributed by atoms with E-state index < -0.39 is 0 Å². The average molecular weight is 497 g/mol. The second-order valence-corrected chi connectivity index (χ2v) is 8.96. The summed E-state index contributed by atoms with van der Waals surface area (Å²) in [6.07, 6.45) is 10.4. The zero-order chi connectivity index (χ0) is 25.5. The van der Waals surface area contributed by atoms with Crippen molar-refractivity contribution in [2.75, 3.05) is 5.32 Å². The highest BCUT2D eigenvalue weighted by atomic mass is 16.3. The summed E-state index contributed by atoms with van der Waals surface area (Å²) in [5, 5.41) is 12.7. The molecule has 7 rings (SSSR count). The Bertz CT molecular complexity index is 1920. The van der Waals surface area contributed by atoms with Crippen molar-refractivity contribution in [3.8, 4) is 33.6 Å². The lowest BCUT2D eigenvalue weighted by molar-refractivity contribution is 0.102. The number of nitrogens with one attached hydrogen (secondary N) is 3. The molecule has 0 atom stereocenters. The highest BCUT2D eigenvalue weighted by Crippen LogP contribution is 2.35. The van der Waals surface area contributed by atoms with Gasteiger partial charge < -0.3 is 14.7 Å². The van der Waals surface area contributed by atoms with Gasteiger partial charge in [0.05, 0.1) is 47.3 Å². The molecule has 0 fully saturated rings. The summed E-state index contributed by atoms with van der Waals surface area (Å²) in [7, 11) is 0. The molecule has 5 heterocycles. The van der Waals surface area contributed by atoms with Gasteiger partial charge in [0.25, 0.3) is 5.91 Å². The van der Waals surface area contributed by atoms with Crippen LogP contribution in [0.25, 0.3) is 55.4 Å². The predicted octanol–water partition coefficient (Wildman–Crippen LogP) is 6.68. The van der Waals surface area contributed by atoms with Gasteiger partial charge in [-0.25, -0.2) is 0 Å². The summed E-state index contributed by atoms with van der Waals surface area (Å²) in [6.45, 7) is 0. The van der Waals surface area contributed by atoms with Crippen molar-refractivity contribution >= 4 is 33.4 Å². The van der Waals surface area contributed by atoms with Crippen molar-refractivity contribution < 1.29 is 9.21 Å². The van der Waals surface area contributed by atoms with Crippen molar-refractivity contribution in [3.05, 3.63) is 110 Å². The number of carbonyl (C=O) groups excluding carboxylic acids is 1. The molecule has 0 aliphatic carbocycles. The van der Waals surface area contributed by atoms with Crippen molar-refractivity contribution in [1.29, 1.82) is 0 Å². The first kappa shape index (κ1) is 21.8. The summed E-state index contributed by atoms with van der Waals surface area (Å²) >= 11 is 0. The zero-order valence-electron chi connectivity index (χ0n) is 20.0. The second kappa shape index (κ2) is 8.86. The molecule has 0 saturated carbocycles. The molecule has 2 aromatic carbocycles. The number of furan rings is 1. The van der Waals surface area contributed by atoms with Gasteiger partial charge in [0.1, 0.15) is 5.69 Å². The molecule has 3 N–H and O–H groups in total. The number of hydrogen-bond donors (Lipinski definition) is 3. The van der Waals surface area contributed by atoms with E-state index in [0.29, 0.717) is 11.3 Å². The molecular weight excluding hydrogens is 476 g/mol. The molecule has 0 bridgehead atoms. The summed E-state index contributed by atoms with van der Waals surface area (Å²) in [5.41, 5.74) is 8.52. The number of amides is 1. The first-order valence-electron chi connectivity index (χ1n) is 12.0. The Morgan fingerprint density at radius 2 is 1.68 bits per heavy atom. The first-order chi connectivity index (χ1) is 18.7. The second-order valence-electron chi connectivity index (χ2n) is 8.96. The van der Waals surface area contributed by atoms with Crippen molar-refractivity contribution in [1.82, 2.24) is 25.1 Å². The molecule has 8 nitrogen and oxygen atoms in total. The molecule has 0 radical (unpaired) electrons. The number of aromatic amines is 2. The molecule has 8 heteroatoms. The standard InChI is InChI=1S/C30H20N6O2/c37-30(18-4-2-1-3-5-18)33-22-10-21(13-31-14-22)19-6-7-26-24(11-19)29(36-35-26)27-12-23-25(20-8-9-38-17-20)15-32-16-28(23)34-27/h1-17,34H,(H,33,37)(H,35,36). The first-order valence-corrected chi connectivity index (χ1v) is 12.0. The van der Waals surface area contributed by atoms with Gasteiger partial charge in [0.2, 0.25) is 0 Å². The minimum Gasteiger partial charge on any atom is -0.472 e. The minimum absolute atomic E-state index is 0.180. The third kappa shape index (κ3) is 3.81. The van der Waals surface area contributed by atoms with E-state index in [1.54, 1.807) is 37.1 Å². The van der Waals surface area contributed by atoms with Crippen LogP contribution in [0.1, 0.15) is 10.4 Å². The highest BCUT2D eigenvalue weighted by Gasteiger charge is 2.15. The molecule has 0 aliphatic heterocycles. The average Bonchev–Trinajstić information content (AvgIpc) is 3.73. The van der Waals surface area contributed by atoms with E-state index in [4.69, 9.17) is 4.42 Å². The molecule has 0 unspecified atom stereocenters. The van der Waals surface area contributed by atoms with Crippen LogP contribution in [0.3, 0.4) is 0 Å². The number of fused-ring (bicyclic) bond motifs is 2. The molecule has 182 valence electrons. The van der Waals surface area contributed by atoms with Crippen molar-refractivity contribution in [2.45, 2.75) is 0 Å². The molecule has 1 amide bonds. The summed E-state index contributed by atoms with van der Waals surface area (Å²) in [4.78, 5) is 24.8. The van der Waals surface area contributed by atoms with Crippen LogP contribution in [0.2, 0.25) is 0 Å². The van der Waals surface area contributed by atoms with Gasteiger partial charge in [-0.1, -0.05) is 24.3 Å². The Hall–Kier alpha value is -5.50. The van der Waals surface area contributed by atoms with Gasteiger partial charge in [-0.3, -0.25) is 19.9 Å². The van der Waals surface area contributed by atoms with Gasteiger partial charge in [-0.15, -0.1) is 0 Å². The monoisotopic (exact) mass is 496 g/mol. The van der Waals surface area contributed by atoms with Crippen LogP contribution < -0.4 is 5.32 Å². The Kier molecular flexibility index (Phi) is 5.07.